The number of nitrogens with one attached hydrogen (secondary N) is 1. The summed E-state index contributed by atoms with van der Waals surface area (Å²) < 4.78 is 42.8. The minimum Gasteiger partial charge on any atom is -0.458 e. The zero-order valence-corrected chi connectivity index (χ0v) is 34.5. The molecule has 0 unspecified atom stereocenters. The van der Waals surface area contributed by atoms with Crippen LogP contribution in [0.25, 0.3) is 0 Å². The number of anilines is 1. The molecule has 4 rings (SSSR count). The number of amides is 1. The van der Waals surface area contributed by atoms with Crippen molar-refractivity contribution in [3.63, 3.8) is 0 Å². The molecule has 55 heavy (non-hydrogen) atoms. The highest BCUT2D eigenvalue weighted by molar-refractivity contribution is 5.85. The van der Waals surface area contributed by atoms with Crippen LogP contribution in [-0.4, -0.2) is 133 Å². The van der Waals surface area contributed by atoms with Gasteiger partial charge in [-0.1, -0.05) is 39.0 Å². The van der Waals surface area contributed by atoms with Gasteiger partial charge in [0.1, 0.15) is 12.2 Å². The van der Waals surface area contributed by atoms with Crippen LogP contribution >= 0.6 is 0 Å². The smallest absolute Gasteiger partial charge is 0.458 e. The fourth-order valence-electron chi connectivity index (χ4n) is 8.64. The number of ether oxygens (including phenoxy) is 7. The zero-order chi connectivity index (χ0) is 41.0. The second-order valence-electron chi connectivity index (χ2n) is 16.5. The first-order valence-electron chi connectivity index (χ1n) is 19.4. The predicted octanol–water partition coefficient (Wildman–Crippen LogP) is 4.98. The molecule has 3 aliphatic heterocycles. The molecule has 3 aliphatic rings. The van der Waals surface area contributed by atoms with E-state index in [1.54, 1.807) is 58.0 Å². The number of likely N-dealkylation sites (N-methyl/N-ethyl adjacent to an activating group) is 2. The fourth-order valence-corrected chi connectivity index (χ4v) is 8.64. The highest BCUT2D eigenvalue weighted by atomic mass is 16.8. The SMILES string of the molecule is CC[C@H]1OC(=O)[C@H](C)[C@@H](OC(=O)Nc2ccccc2)[C@H](C)[C@@H](O[C@@H]2O[C@H](C)C[C@H](N(C)C)[C@H]2OC(C)=O)[C@](C)(O)C[C@@H](C)CN(C)[C@H](C)[C@H]2OC(=O)O[C@@]21C. The molecule has 15 heteroatoms. The van der Waals surface area contributed by atoms with Crippen molar-refractivity contribution in [2.24, 2.45) is 17.8 Å². The Morgan fingerprint density at radius 1 is 1.02 bits per heavy atom. The average Bonchev–Trinajstić information content (AvgIpc) is 3.41. The number of aliphatic hydroxyl groups is 1. The van der Waals surface area contributed by atoms with E-state index in [2.05, 4.69) is 5.32 Å². The van der Waals surface area contributed by atoms with Gasteiger partial charge < -0.3 is 43.2 Å². The molecule has 3 heterocycles. The first kappa shape index (κ1) is 44.2. The largest absolute Gasteiger partial charge is 0.509 e. The summed E-state index contributed by atoms with van der Waals surface area (Å²) in [5, 5.41) is 15.3. The van der Waals surface area contributed by atoms with Crippen molar-refractivity contribution >= 4 is 29.9 Å². The third-order valence-electron chi connectivity index (χ3n) is 11.4. The summed E-state index contributed by atoms with van der Waals surface area (Å²) in [4.78, 5) is 57.0. The van der Waals surface area contributed by atoms with Gasteiger partial charge in [-0.15, -0.1) is 0 Å². The Balaban J connectivity index is 1.83. The van der Waals surface area contributed by atoms with Crippen LogP contribution in [0.15, 0.2) is 30.3 Å². The van der Waals surface area contributed by atoms with E-state index in [1.165, 1.54) is 6.92 Å². The molecule has 14 atom stereocenters. The van der Waals surface area contributed by atoms with Crippen LogP contribution in [0.1, 0.15) is 81.6 Å². The molecular formula is C40H63N3O12. The van der Waals surface area contributed by atoms with Gasteiger partial charge in [-0.25, -0.2) is 9.59 Å². The Morgan fingerprint density at radius 3 is 2.27 bits per heavy atom. The number of nitrogens with zero attached hydrogens (tertiary/aromatic N) is 2. The number of fused-ring (bicyclic) bond motifs is 1. The summed E-state index contributed by atoms with van der Waals surface area (Å²) in [5.74, 6) is -3.43. The molecule has 0 aliphatic carbocycles. The summed E-state index contributed by atoms with van der Waals surface area (Å²) >= 11 is 0. The molecule has 0 radical (unpaired) electrons. The molecule has 3 saturated heterocycles. The van der Waals surface area contributed by atoms with Crippen molar-refractivity contribution in [2.45, 2.75) is 148 Å². The monoisotopic (exact) mass is 777 g/mol. The van der Waals surface area contributed by atoms with Crippen LogP contribution in [-0.2, 0) is 42.7 Å². The van der Waals surface area contributed by atoms with Crippen LogP contribution < -0.4 is 5.32 Å². The van der Waals surface area contributed by atoms with E-state index in [1.807, 2.05) is 58.6 Å². The number of hydrogen-bond acceptors (Lipinski definition) is 14. The van der Waals surface area contributed by atoms with Crippen molar-refractivity contribution in [3.8, 4) is 0 Å². The summed E-state index contributed by atoms with van der Waals surface area (Å²) in [6.45, 7) is 16.0. The van der Waals surface area contributed by atoms with E-state index in [0.717, 1.165) is 0 Å². The van der Waals surface area contributed by atoms with Crippen molar-refractivity contribution in [1.29, 1.82) is 0 Å². The van der Waals surface area contributed by atoms with Crippen LogP contribution in [0.4, 0.5) is 15.3 Å². The van der Waals surface area contributed by atoms with Crippen molar-refractivity contribution in [2.75, 3.05) is 33.0 Å². The molecule has 1 amide bonds. The van der Waals surface area contributed by atoms with Gasteiger partial charge in [0.05, 0.1) is 29.8 Å². The van der Waals surface area contributed by atoms with Gasteiger partial charge in [0.2, 0.25) is 0 Å². The third kappa shape index (κ3) is 10.5. The third-order valence-corrected chi connectivity index (χ3v) is 11.4. The molecule has 0 bridgehead atoms. The maximum atomic E-state index is 14.3. The molecule has 3 fully saturated rings. The maximum Gasteiger partial charge on any atom is 0.509 e. The van der Waals surface area contributed by atoms with Crippen LogP contribution in [0.3, 0.4) is 0 Å². The molecule has 310 valence electrons. The first-order chi connectivity index (χ1) is 25.7. The standard InChI is InChI=1S/C40H63N3O12/c1-13-30-40(9)34(54-38(47)55-40)26(6)43(12)21-22(2)20-39(8,48)33(53-36-32(50-27(7)44)29(42(10)11)19-23(3)49-36)24(4)31(25(5)35(45)51-30)52-37(46)41-28-17-15-14-16-18-28/h14-18,22-26,29-34,36,48H,13,19-21H2,1-12H3,(H,41,46)/t22-,23-,24+,25-,26-,29+,30-,31+,32-,33-,34-,36+,39-,40-/m1/s1. The minimum absolute atomic E-state index is 0.168. The molecule has 0 aromatic heterocycles. The fraction of sp³-hybridized carbons (Fsp3) is 0.750. The lowest BCUT2D eigenvalue weighted by Gasteiger charge is -2.47. The number of benzene rings is 1. The molecule has 1 aromatic rings. The van der Waals surface area contributed by atoms with Crippen LogP contribution in [0, 0.1) is 17.8 Å². The van der Waals surface area contributed by atoms with Crippen molar-refractivity contribution in [3.05, 3.63) is 30.3 Å². The Kier molecular flexibility index (Phi) is 14.6. The molecular weight excluding hydrogens is 714 g/mol. The maximum absolute atomic E-state index is 14.3. The molecule has 1 aromatic carbocycles. The average molecular weight is 778 g/mol. The lowest BCUT2D eigenvalue weighted by Crippen LogP contribution is -2.60. The summed E-state index contributed by atoms with van der Waals surface area (Å²) in [7, 11) is 5.65. The highest BCUT2D eigenvalue weighted by Gasteiger charge is 2.58. The van der Waals surface area contributed by atoms with Gasteiger partial charge in [-0.2, -0.15) is 0 Å². The minimum atomic E-state index is -1.63. The van der Waals surface area contributed by atoms with Crippen molar-refractivity contribution in [1.82, 2.24) is 9.80 Å². The predicted molar refractivity (Wildman–Crippen MR) is 202 cm³/mol. The Hall–Kier alpha value is -3.50. The van der Waals surface area contributed by atoms with E-state index < -0.39 is 84.0 Å². The highest BCUT2D eigenvalue weighted by Crippen LogP contribution is 2.40. The number of rotatable bonds is 7. The van der Waals surface area contributed by atoms with Gasteiger partial charge in [-0.05, 0) is 93.1 Å². The lowest BCUT2D eigenvalue weighted by atomic mass is 9.77. The number of carbonyl (C=O) groups is 4. The Bertz CT molecular complexity index is 1480. The van der Waals surface area contributed by atoms with Gasteiger partial charge in [0.25, 0.3) is 0 Å². The number of para-hydroxylation sites is 1. The summed E-state index contributed by atoms with van der Waals surface area (Å²) in [5.41, 5.74) is -2.51. The number of esters is 2. The molecule has 15 nitrogen and oxygen atoms in total. The normalized spacial score (nSPS) is 39.4. The van der Waals surface area contributed by atoms with E-state index in [-0.39, 0.29) is 36.9 Å². The first-order valence-corrected chi connectivity index (χ1v) is 19.4. The number of cyclic esters (lactones) is 1. The number of hydrogen-bond donors (Lipinski definition) is 2. The molecule has 0 saturated carbocycles. The number of carbonyl (C=O) groups excluding carboxylic acids is 4. The van der Waals surface area contributed by atoms with E-state index in [0.29, 0.717) is 18.7 Å². The van der Waals surface area contributed by atoms with E-state index in [4.69, 9.17) is 33.2 Å². The van der Waals surface area contributed by atoms with Gasteiger partial charge in [0, 0.05) is 31.1 Å². The lowest BCUT2D eigenvalue weighted by molar-refractivity contribution is -0.301. The van der Waals surface area contributed by atoms with Gasteiger partial charge in [-0.3, -0.25) is 19.8 Å². The van der Waals surface area contributed by atoms with E-state index >= 15 is 0 Å². The summed E-state index contributed by atoms with van der Waals surface area (Å²) in [6, 6.07) is 8.05. The second-order valence-corrected chi connectivity index (χ2v) is 16.5. The van der Waals surface area contributed by atoms with E-state index in [9.17, 15) is 24.3 Å². The summed E-state index contributed by atoms with van der Waals surface area (Å²) in [6.07, 6.45) is -7.09. The zero-order valence-electron chi connectivity index (χ0n) is 34.5. The van der Waals surface area contributed by atoms with Crippen molar-refractivity contribution < 1.29 is 57.4 Å². The molecule has 2 N–H and O–H groups in total. The van der Waals surface area contributed by atoms with Crippen LogP contribution in [0.5, 0.6) is 0 Å². The molecule has 0 spiro atoms. The van der Waals surface area contributed by atoms with Gasteiger partial charge >= 0.3 is 24.2 Å². The Labute approximate surface area is 325 Å². The topological polar surface area (TPSA) is 172 Å². The Morgan fingerprint density at radius 2 is 1.67 bits per heavy atom. The van der Waals surface area contributed by atoms with Crippen LogP contribution in [0.2, 0.25) is 0 Å². The second kappa shape index (κ2) is 18.2. The van der Waals surface area contributed by atoms with Gasteiger partial charge in [0.15, 0.2) is 24.1 Å². The quantitative estimate of drug-likeness (QED) is 0.280.